The minimum atomic E-state index is -0.273. The molecule has 0 radical (unpaired) electrons. The number of ketones is 1. The van der Waals surface area contributed by atoms with E-state index in [0.717, 1.165) is 0 Å². The molecule has 27 heavy (non-hydrogen) atoms. The molecule has 4 nitrogen and oxygen atoms in total. The first-order valence-electron chi connectivity index (χ1n) is 8.90. The molecule has 1 aromatic heterocycles. The van der Waals surface area contributed by atoms with Gasteiger partial charge in [-0.3, -0.25) is 9.59 Å². The molecule has 1 amide bonds. The van der Waals surface area contributed by atoms with Crippen molar-refractivity contribution in [3.8, 4) is 0 Å². The summed E-state index contributed by atoms with van der Waals surface area (Å²) in [5.74, 6) is -0.0562. The highest BCUT2D eigenvalue weighted by molar-refractivity contribution is 7.10. The van der Waals surface area contributed by atoms with Gasteiger partial charge in [-0.1, -0.05) is 36.4 Å². The summed E-state index contributed by atoms with van der Waals surface area (Å²) in [6, 6.07) is 21.1. The molecule has 138 valence electrons. The highest BCUT2D eigenvalue weighted by atomic mass is 32.1. The topological polar surface area (TPSA) is 62.8 Å². The predicted octanol–water partition coefficient (Wildman–Crippen LogP) is 3.63. The molecule has 0 aliphatic rings. The minimum Gasteiger partial charge on any atom is -0.326 e. The maximum Gasteiger partial charge on any atom is 0.282 e. The summed E-state index contributed by atoms with van der Waals surface area (Å²) in [5, 5.41) is 7.07. The largest absolute Gasteiger partial charge is 0.326 e. The van der Waals surface area contributed by atoms with Crippen molar-refractivity contribution in [2.45, 2.75) is 25.9 Å². The fourth-order valence-electron chi connectivity index (χ4n) is 2.92. The van der Waals surface area contributed by atoms with Gasteiger partial charge < -0.3 is 10.6 Å². The molecule has 2 atom stereocenters. The molecule has 2 aromatic carbocycles. The highest BCUT2D eigenvalue weighted by Gasteiger charge is 2.25. The molecule has 0 bridgehead atoms. The Kier molecular flexibility index (Phi) is 6.16. The molecular weight excluding hydrogens is 356 g/mol. The van der Waals surface area contributed by atoms with Gasteiger partial charge in [-0.2, -0.15) is 0 Å². The van der Waals surface area contributed by atoms with Crippen LogP contribution in [0.2, 0.25) is 0 Å². The summed E-state index contributed by atoms with van der Waals surface area (Å²) in [4.78, 5) is 25.2. The number of benzene rings is 2. The molecule has 0 spiro atoms. The third-order valence-corrected chi connectivity index (χ3v) is 5.42. The third kappa shape index (κ3) is 4.90. The van der Waals surface area contributed by atoms with Gasteiger partial charge in [0.05, 0.1) is 4.88 Å². The van der Waals surface area contributed by atoms with E-state index < -0.39 is 0 Å². The molecule has 0 aliphatic carbocycles. The maximum atomic E-state index is 12.7. The van der Waals surface area contributed by atoms with Crippen LogP contribution in [0.3, 0.4) is 0 Å². The molecule has 1 heterocycles. The smallest absolute Gasteiger partial charge is 0.282 e. The number of carbonyl (C=O) groups is 2. The highest BCUT2D eigenvalue weighted by Crippen LogP contribution is 2.22. The van der Waals surface area contributed by atoms with E-state index in [4.69, 9.17) is 0 Å². The van der Waals surface area contributed by atoms with Gasteiger partial charge in [0.1, 0.15) is 6.04 Å². The van der Waals surface area contributed by atoms with Gasteiger partial charge in [0.2, 0.25) is 0 Å². The fourth-order valence-corrected chi connectivity index (χ4v) is 3.75. The molecule has 3 N–H and O–H groups in total. The van der Waals surface area contributed by atoms with E-state index in [1.807, 2.05) is 31.2 Å². The summed E-state index contributed by atoms with van der Waals surface area (Å²) in [7, 11) is 0. The molecule has 0 saturated heterocycles. The van der Waals surface area contributed by atoms with Crippen molar-refractivity contribution in [3.05, 3.63) is 88.1 Å². The Bertz CT molecular complexity index is 890. The number of hydrogen-bond donors (Lipinski definition) is 2. The van der Waals surface area contributed by atoms with Crippen LogP contribution in [0.15, 0.2) is 72.1 Å². The Morgan fingerprint density at radius 3 is 2.26 bits per heavy atom. The van der Waals surface area contributed by atoms with E-state index in [1.54, 1.807) is 35.6 Å². The lowest BCUT2D eigenvalue weighted by Gasteiger charge is -2.19. The summed E-state index contributed by atoms with van der Waals surface area (Å²) < 4.78 is 0. The van der Waals surface area contributed by atoms with Crippen LogP contribution in [0.25, 0.3) is 0 Å². The van der Waals surface area contributed by atoms with E-state index in [2.05, 4.69) is 34.2 Å². The standard InChI is InChI=1S/C22H22N2O2S/c1-15(22(26)24-19-12-10-17(11-13-19)16(2)25)23-21(20-9-6-14-27-20)18-7-4-3-5-8-18/h3-15,21,23H,1-2H3,(H,24,26)/p+1/t15-,21-/m1/s1. The van der Waals surface area contributed by atoms with Crippen LogP contribution >= 0.6 is 11.3 Å². The van der Waals surface area contributed by atoms with Crippen molar-refractivity contribution in [1.82, 2.24) is 0 Å². The third-order valence-electron chi connectivity index (χ3n) is 4.46. The Morgan fingerprint density at radius 1 is 0.963 bits per heavy atom. The number of hydrogen-bond acceptors (Lipinski definition) is 3. The lowest BCUT2D eigenvalue weighted by Crippen LogP contribution is -2.92. The van der Waals surface area contributed by atoms with Crippen LogP contribution in [0.4, 0.5) is 5.69 Å². The predicted molar refractivity (Wildman–Crippen MR) is 109 cm³/mol. The number of Topliss-reactive ketones (excluding diaryl/α,β-unsaturated/α-hetero) is 1. The van der Waals surface area contributed by atoms with Crippen LogP contribution < -0.4 is 10.6 Å². The fraction of sp³-hybridized carbons (Fsp3) is 0.182. The van der Waals surface area contributed by atoms with Crippen LogP contribution in [0.5, 0.6) is 0 Å². The second-order valence-electron chi connectivity index (χ2n) is 6.51. The molecule has 0 unspecified atom stereocenters. The van der Waals surface area contributed by atoms with Crippen molar-refractivity contribution >= 4 is 28.7 Å². The van der Waals surface area contributed by atoms with Crippen molar-refractivity contribution in [3.63, 3.8) is 0 Å². The number of rotatable bonds is 7. The van der Waals surface area contributed by atoms with E-state index >= 15 is 0 Å². The summed E-state index contributed by atoms with van der Waals surface area (Å²) >= 11 is 1.69. The van der Waals surface area contributed by atoms with Gasteiger partial charge in [0.25, 0.3) is 5.91 Å². The van der Waals surface area contributed by atoms with Crippen molar-refractivity contribution in [1.29, 1.82) is 0 Å². The van der Waals surface area contributed by atoms with Crippen molar-refractivity contribution < 1.29 is 14.9 Å². The lowest BCUT2D eigenvalue weighted by molar-refractivity contribution is -0.703. The molecule has 0 aliphatic heterocycles. The molecule has 0 fully saturated rings. The number of nitrogens with one attached hydrogen (secondary N) is 1. The maximum absolute atomic E-state index is 12.7. The zero-order valence-corrected chi connectivity index (χ0v) is 16.2. The number of amides is 1. The lowest BCUT2D eigenvalue weighted by atomic mass is 10.0. The Balaban J connectivity index is 1.70. The Labute approximate surface area is 163 Å². The van der Waals surface area contributed by atoms with Crippen LogP contribution in [0, 0.1) is 0 Å². The first-order valence-corrected chi connectivity index (χ1v) is 9.78. The van der Waals surface area contributed by atoms with E-state index in [9.17, 15) is 9.59 Å². The Hall–Kier alpha value is -2.76. The van der Waals surface area contributed by atoms with Gasteiger partial charge >= 0.3 is 0 Å². The van der Waals surface area contributed by atoms with E-state index in [-0.39, 0.29) is 23.8 Å². The number of nitrogens with two attached hydrogens (primary N) is 1. The normalized spacial score (nSPS) is 13.0. The second-order valence-corrected chi connectivity index (χ2v) is 7.49. The van der Waals surface area contributed by atoms with Crippen LogP contribution in [-0.4, -0.2) is 17.7 Å². The second kappa shape index (κ2) is 8.75. The summed E-state index contributed by atoms with van der Waals surface area (Å²) in [5.41, 5.74) is 2.50. The zero-order chi connectivity index (χ0) is 19.2. The first-order chi connectivity index (χ1) is 13.0. The monoisotopic (exact) mass is 379 g/mol. The summed E-state index contributed by atoms with van der Waals surface area (Å²) in [6.45, 7) is 3.43. The van der Waals surface area contributed by atoms with Gasteiger partial charge in [0.15, 0.2) is 11.8 Å². The van der Waals surface area contributed by atoms with E-state index in [1.165, 1.54) is 17.4 Å². The van der Waals surface area contributed by atoms with Crippen molar-refractivity contribution in [2.75, 3.05) is 5.32 Å². The molecule has 3 aromatic rings. The first kappa shape index (κ1) is 19.0. The molecule has 3 rings (SSSR count). The van der Waals surface area contributed by atoms with Gasteiger partial charge in [-0.05, 0) is 49.6 Å². The van der Waals surface area contributed by atoms with Crippen LogP contribution in [-0.2, 0) is 4.79 Å². The van der Waals surface area contributed by atoms with Crippen LogP contribution in [0.1, 0.15) is 40.7 Å². The molecular formula is C22H23N2O2S+. The van der Waals surface area contributed by atoms with Gasteiger partial charge in [-0.15, -0.1) is 11.3 Å². The average Bonchev–Trinajstić information content (AvgIpc) is 3.21. The number of thiophene rings is 1. The van der Waals surface area contributed by atoms with Gasteiger partial charge in [-0.25, -0.2) is 0 Å². The minimum absolute atomic E-state index is 0.0104. The number of anilines is 1. The van der Waals surface area contributed by atoms with Gasteiger partial charge in [0, 0.05) is 16.8 Å². The van der Waals surface area contributed by atoms with Crippen molar-refractivity contribution in [2.24, 2.45) is 0 Å². The number of carbonyl (C=O) groups excluding carboxylic acids is 2. The van der Waals surface area contributed by atoms with E-state index in [0.29, 0.717) is 11.3 Å². The average molecular weight is 380 g/mol. The molecule has 0 saturated carbocycles. The number of quaternary nitrogens is 1. The quantitative estimate of drug-likeness (QED) is 0.616. The summed E-state index contributed by atoms with van der Waals surface area (Å²) in [6.07, 6.45) is 0. The Morgan fingerprint density at radius 2 is 1.67 bits per heavy atom. The SMILES string of the molecule is CC(=O)c1ccc(NC(=O)[C@@H](C)[NH2+][C@H](c2ccccc2)c2cccs2)cc1. The zero-order valence-electron chi connectivity index (χ0n) is 15.4. The molecule has 5 heteroatoms.